The number of aromatic nitrogens is 2. The number of amides is 2. The first-order valence-corrected chi connectivity index (χ1v) is 8.41. The lowest BCUT2D eigenvalue weighted by molar-refractivity contribution is -0.117. The fraction of sp³-hybridized carbons (Fsp3) is 0.133. The molecule has 0 unspecified atom stereocenters. The van der Waals surface area contributed by atoms with Crippen LogP contribution in [0, 0.1) is 0 Å². The summed E-state index contributed by atoms with van der Waals surface area (Å²) in [4.78, 5) is 27.7. The van der Waals surface area contributed by atoms with Crippen molar-refractivity contribution in [3.8, 4) is 0 Å². The maximum absolute atomic E-state index is 12.6. The number of nitrogens with two attached hydrogens (primary N) is 1. The normalized spacial score (nSPS) is 10.9. The van der Waals surface area contributed by atoms with Gasteiger partial charge in [0.25, 0.3) is 5.91 Å². The van der Waals surface area contributed by atoms with Gasteiger partial charge in [0.1, 0.15) is 5.69 Å². The number of primary amides is 1. The molecule has 0 atom stereocenters. The number of rotatable bonds is 4. The number of halogens is 1. The molecule has 2 amide bonds. The van der Waals surface area contributed by atoms with Crippen LogP contribution in [0.3, 0.4) is 0 Å². The highest BCUT2D eigenvalue weighted by Gasteiger charge is 2.20. The minimum Gasteiger partial charge on any atom is -0.369 e. The molecule has 0 fully saturated rings. The second kappa shape index (κ2) is 6.13. The first-order valence-electron chi connectivity index (χ1n) is 6.74. The third kappa shape index (κ3) is 2.99. The number of benzene rings is 1. The highest BCUT2D eigenvalue weighted by Crippen LogP contribution is 2.31. The van der Waals surface area contributed by atoms with E-state index in [-0.39, 0.29) is 12.3 Å². The van der Waals surface area contributed by atoms with Gasteiger partial charge >= 0.3 is 0 Å². The number of nitrogens with zero attached hydrogens (tertiary/aromatic N) is 2. The summed E-state index contributed by atoms with van der Waals surface area (Å²) in [5.41, 5.74) is 7.16. The number of hydrogen-bond acceptors (Lipinski definition) is 4. The minimum absolute atomic E-state index is 0.0596. The van der Waals surface area contributed by atoms with Crippen molar-refractivity contribution < 1.29 is 9.59 Å². The molecule has 0 aliphatic heterocycles. The zero-order chi connectivity index (χ0) is 16.6. The molecule has 118 valence electrons. The summed E-state index contributed by atoms with van der Waals surface area (Å²) in [6.45, 7) is 0. The van der Waals surface area contributed by atoms with Crippen molar-refractivity contribution in [1.82, 2.24) is 9.55 Å². The standard InChI is InChI=1S/C15H13BrN4O2S/c1-20-10-5-3-2-4-9(10)12(16)13(20)14(22)19-15-18-8(7-23-15)6-11(17)21/h2-5,7H,6H2,1H3,(H2,17,21)(H,18,19,22). The van der Waals surface area contributed by atoms with Gasteiger partial charge in [0, 0.05) is 23.3 Å². The van der Waals surface area contributed by atoms with Gasteiger partial charge in [0.2, 0.25) is 5.91 Å². The molecule has 23 heavy (non-hydrogen) atoms. The Bertz CT molecular complexity index is 876. The first kappa shape index (κ1) is 15.7. The van der Waals surface area contributed by atoms with E-state index in [0.717, 1.165) is 15.4 Å². The monoisotopic (exact) mass is 392 g/mol. The largest absolute Gasteiger partial charge is 0.369 e. The summed E-state index contributed by atoms with van der Waals surface area (Å²) < 4.78 is 2.56. The van der Waals surface area contributed by atoms with Crippen LogP contribution in [0.15, 0.2) is 34.1 Å². The Morgan fingerprint density at radius 3 is 2.83 bits per heavy atom. The van der Waals surface area contributed by atoms with Crippen LogP contribution < -0.4 is 11.1 Å². The molecule has 3 rings (SSSR count). The molecule has 0 aliphatic carbocycles. The maximum Gasteiger partial charge on any atom is 0.275 e. The van der Waals surface area contributed by atoms with Crippen LogP contribution in [0.25, 0.3) is 10.9 Å². The van der Waals surface area contributed by atoms with Gasteiger partial charge in [0.15, 0.2) is 5.13 Å². The molecule has 2 heterocycles. The second-order valence-electron chi connectivity index (χ2n) is 4.98. The van der Waals surface area contributed by atoms with Crippen LogP contribution in [0.2, 0.25) is 0 Å². The fourth-order valence-corrected chi connectivity index (χ4v) is 3.87. The average molecular weight is 393 g/mol. The van der Waals surface area contributed by atoms with Crippen molar-refractivity contribution in [1.29, 1.82) is 0 Å². The van der Waals surface area contributed by atoms with Crippen molar-refractivity contribution in [2.24, 2.45) is 12.8 Å². The summed E-state index contributed by atoms with van der Waals surface area (Å²) in [7, 11) is 1.84. The van der Waals surface area contributed by atoms with Gasteiger partial charge < -0.3 is 10.3 Å². The van der Waals surface area contributed by atoms with Crippen molar-refractivity contribution in [2.45, 2.75) is 6.42 Å². The van der Waals surface area contributed by atoms with Gasteiger partial charge in [-0.05, 0) is 22.0 Å². The van der Waals surface area contributed by atoms with Crippen molar-refractivity contribution in [2.75, 3.05) is 5.32 Å². The van der Waals surface area contributed by atoms with Crippen molar-refractivity contribution >= 4 is 55.1 Å². The van der Waals surface area contributed by atoms with Gasteiger partial charge in [-0.15, -0.1) is 11.3 Å². The van der Waals surface area contributed by atoms with Crippen LogP contribution in [0.5, 0.6) is 0 Å². The number of para-hydroxylation sites is 1. The molecule has 0 saturated carbocycles. The summed E-state index contributed by atoms with van der Waals surface area (Å²) in [6.07, 6.45) is 0.0596. The number of aryl methyl sites for hydroxylation is 1. The molecular weight excluding hydrogens is 380 g/mol. The Morgan fingerprint density at radius 2 is 2.13 bits per heavy atom. The smallest absolute Gasteiger partial charge is 0.275 e. The Kier molecular flexibility index (Phi) is 4.18. The molecule has 0 saturated heterocycles. The highest BCUT2D eigenvalue weighted by atomic mass is 79.9. The summed E-state index contributed by atoms with van der Waals surface area (Å²) in [5, 5.41) is 5.87. The lowest BCUT2D eigenvalue weighted by Gasteiger charge is -2.04. The zero-order valence-electron chi connectivity index (χ0n) is 12.2. The average Bonchev–Trinajstić information content (AvgIpc) is 3.02. The lowest BCUT2D eigenvalue weighted by Crippen LogP contribution is -2.16. The predicted molar refractivity (Wildman–Crippen MR) is 93.6 cm³/mol. The molecule has 3 aromatic rings. The molecule has 0 radical (unpaired) electrons. The molecule has 0 bridgehead atoms. The number of carbonyl (C=O) groups excluding carboxylic acids is 2. The number of hydrogen-bond donors (Lipinski definition) is 2. The minimum atomic E-state index is -0.454. The van der Waals surface area contributed by atoms with E-state index in [1.54, 1.807) is 5.38 Å². The Morgan fingerprint density at radius 1 is 1.39 bits per heavy atom. The number of fused-ring (bicyclic) bond motifs is 1. The van der Waals surface area contributed by atoms with Gasteiger partial charge in [0.05, 0.1) is 16.6 Å². The summed E-state index contributed by atoms with van der Waals surface area (Å²) in [6, 6.07) is 7.74. The molecule has 1 aromatic carbocycles. The maximum atomic E-state index is 12.6. The van der Waals surface area contributed by atoms with Gasteiger partial charge in [-0.1, -0.05) is 18.2 Å². The van der Waals surface area contributed by atoms with Crippen molar-refractivity contribution in [3.63, 3.8) is 0 Å². The summed E-state index contributed by atoms with van der Waals surface area (Å²) >= 11 is 4.75. The van der Waals surface area contributed by atoms with Crippen LogP contribution in [-0.4, -0.2) is 21.4 Å². The van der Waals surface area contributed by atoms with E-state index in [4.69, 9.17) is 5.73 Å². The van der Waals surface area contributed by atoms with E-state index in [0.29, 0.717) is 16.5 Å². The van der Waals surface area contributed by atoms with Gasteiger partial charge in [-0.25, -0.2) is 4.98 Å². The molecule has 3 N–H and O–H groups in total. The van der Waals surface area contributed by atoms with Crippen LogP contribution >= 0.6 is 27.3 Å². The predicted octanol–water partition coefficient (Wildman–Crippen LogP) is 2.68. The van der Waals surface area contributed by atoms with E-state index in [2.05, 4.69) is 26.2 Å². The molecule has 6 nitrogen and oxygen atoms in total. The number of nitrogens with one attached hydrogen (secondary N) is 1. The van der Waals surface area contributed by atoms with Gasteiger partial charge in [-0.2, -0.15) is 0 Å². The third-order valence-electron chi connectivity index (χ3n) is 3.39. The van der Waals surface area contributed by atoms with E-state index in [1.165, 1.54) is 11.3 Å². The molecule has 8 heteroatoms. The Hall–Kier alpha value is -2.19. The number of anilines is 1. The first-order chi connectivity index (χ1) is 11.0. The molecule has 2 aromatic heterocycles. The SMILES string of the molecule is Cn1c(C(=O)Nc2nc(CC(N)=O)cs2)c(Br)c2ccccc21. The van der Waals surface area contributed by atoms with E-state index < -0.39 is 5.91 Å². The molecule has 0 spiro atoms. The Labute approximate surface area is 144 Å². The van der Waals surface area contributed by atoms with Crippen molar-refractivity contribution in [3.05, 3.63) is 45.5 Å². The van der Waals surface area contributed by atoms with E-state index in [1.807, 2.05) is 35.9 Å². The van der Waals surface area contributed by atoms with E-state index >= 15 is 0 Å². The second-order valence-corrected chi connectivity index (χ2v) is 6.63. The highest BCUT2D eigenvalue weighted by molar-refractivity contribution is 9.10. The topological polar surface area (TPSA) is 90.0 Å². The summed E-state index contributed by atoms with van der Waals surface area (Å²) in [5.74, 6) is -0.722. The molecular formula is C15H13BrN4O2S. The molecule has 0 aliphatic rings. The Balaban J connectivity index is 1.89. The zero-order valence-corrected chi connectivity index (χ0v) is 14.6. The fourth-order valence-electron chi connectivity index (χ4n) is 2.38. The quantitative estimate of drug-likeness (QED) is 0.714. The van der Waals surface area contributed by atoms with Gasteiger partial charge in [-0.3, -0.25) is 14.9 Å². The lowest BCUT2D eigenvalue weighted by atomic mass is 10.2. The van der Waals surface area contributed by atoms with Crippen LogP contribution in [0.1, 0.15) is 16.2 Å². The number of carbonyl (C=O) groups is 2. The third-order valence-corrected chi connectivity index (χ3v) is 5.00. The van der Waals surface area contributed by atoms with Crippen LogP contribution in [0.4, 0.5) is 5.13 Å². The number of thiazole rings is 1. The van der Waals surface area contributed by atoms with E-state index in [9.17, 15) is 9.59 Å². The van der Waals surface area contributed by atoms with Crippen LogP contribution in [-0.2, 0) is 18.3 Å².